The number of aromatic amines is 1. The number of likely N-dealkylation sites (N-methyl/N-ethyl adjacent to an activating group) is 1. The van der Waals surface area contributed by atoms with Crippen molar-refractivity contribution in [3.05, 3.63) is 60.0 Å². The molecule has 6 rings (SSSR count). The lowest BCUT2D eigenvalue weighted by atomic mass is 10.0. The number of anilines is 1. The number of piperazine rings is 1. The Morgan fingerprint density at radius 3 is 2.76 bits per heavy atom. The van der Waals surface area contributed by atoms with Crippen molar-refractivity contribution < 1.29 is 13.9 Å². The number of fused-ring (bicyclic) bond motifs is 6. The van der Waals surface area contributed by atoms with E-state index in [0.717, 1.165) is 65.3 Å². The Morgan fingerprint density at radius 1 is 1.00 bits per heavy atom. The summed E-state index contributed by atoms with van der Waals surface area (Å²) >= 11 is 0. The van der Waals surface area contributed by atoms with Gasteiger partial charge in [-0.1, -0.05) is 18.2 Å². The minimum atomic E-state index is -0.318. The SMILES string of the molecule is CN1CCN(c2ccc3cc2OCCNCCOCc2cccc(F)c2-c2cc4c-3n[nH]c4cn2)CC1. The van der Waals surface area contributed by atoms with Crippen LogP contribution in [0.15, 0.2) is 48.7 Å². The Morgan fingerprint density at radius 2 is 1.86 bits per heavy atom. The number of aromatic nitrogens is 3. The summed E-state index contributed by atoms with van der Waals surface area (Å²) in [5, 5.41) is 11.9. The highest BCUT2D eigenvalue weighted by atomic mass is 19.1. The molecule has 2 aromatic carbocycles. The van der Waals surface area contributed by atoms with Crippen molar-refractivity contribution in [2.24, 2.45) is 0 Å². The molecule has 0 amide bonds. The maximum atomic E-state index is 15.1. The number of nitrogens with zero attached hydrogens (tertiary/aromatic N) is 4. The number of hydrogen-bond acceptors (Lipinski definition) is 7. The second-order valence-electron chi connectivity index (χ2n) is 9.59. The fraction of sp³-hybridized carbons (Fsp3) is 0.357. The van der Waals surface area contributed by atoms with Crippen LogP contribution in [-0.4, -0.2) is 79.6 Å². The predicted molar refractivity (Wildman–Crippen MR) is 142 cm³/mol. The maximum Gasteiger partial charge on any atom is 0.143 e. The average molecular weight is 503 g/mol. The third-order valence-corrected chi connectivity index (χ3v) is 7.10. The van der Waals surface area contributed by atoms with Crippen molar-refractivity contribution >= 4 is 16.6 Å². The lowest BCUT2D eigenvalue weighted by Crippen LogP contribution is -2.44. The highest BCUT2D eigenvalue weighted by Crippen LogP contribution is 2.37. The molecule has 0 radical (unpaired) electrons. The van der Waals surface area contributed by atoms with E-state index in [-0.39, 0.29) is 5.82 Å². The van der Waals surface area contributed by atoms with Crippen LogP contribution in [-0.2, 0) is 11.3 Å². The first-order valence-electron chi connectivity index (χ1n) is 12.8. The van der Waals surface area contributed by atoms with Gasteiger partial charge >= 0.3 is 0 Å². The summed E-state index contributed by atoms with van der Waals surface area (Å²) in [6, 6.07) is 13.3. The van der Waals surface area contributed by atoms with Crippen molar-refractivity contribution in [2.45, 2.75) is 6.61 Å². The number of rotatable bonds is 1. The quantitative estimate of drug-likeness (QED) is 0.411. The zero-order valence-electron chi connectivity index (χ0n) is 21.0. The molecular weight excluding hydrogens is 471 g/mol. The van der Waals surface area contributed by atoms with Gasteiger partial charge in [-0.05, 0) is 36.9 Å². The molecule has 4 bridgehead atoms. The van der Waals surface area contributed by atoms with Crippen molar-refractivity contribution in [3.8, 4) is 28.3 Å². The van der Waals surface area contributed by atoms with E-state index in [9.17, 15) is 0 Å². The van der Waals surface area contributed by atoms with Gasteiger partial charge in [0.1, 0.15) is 23.9 Å². The summed E-state index contributed by atoms with van der Waals surface area (Å²) in [5.41, 5.74) is 5.39. The molecule has 2 aliphatic heterocycles. The maximum absolute atomic E-state index is 15.1. The molecule has 0 atom stereocenters. The molecule has 1 saturated heterocycles. The summed E-state index contributed by atoms with van der Waals surface area (Å²) < 4.78 is 27.3. The molecule has 4 aromatic rings. The molecule has 0 aliphatic carbocycles. The largest absolute Gasteiger partial charge is 0.490 e. The molecule has 0 unspecified atom stereocenters. The molecule has 0 saturated carbocycles. The van der Waals surface area contributed by atoms with E-state index in [1.807, 2.05) is 12.1 Å². The van der Waals surface area contributed by atoms with Gasteiger partial charge in [-0.2, -0.15) is 5.10 Å². The highest BCUT2D eigenvalue weighted by Gasteiger charge is 2.21. The fourth-order valence-electron chi connectivity index (χ4n) is 5.02. The standard InChI is InChI=1S/C28H31FN6O2/c1-34-9-11-35(12-10-34)25-6-5-19-15-26(25)37-14-8-30-7-13-36-18-20-3-2-4-22(29)27(20)23-16-21-24(17-31-23)32-33-28(19)21/h2-6,15-17,30H,7-14,18H2,1H3,(H,32,33). The summed E-state index contributed by atoms with van der Waals surface area (Å²) in [6.07, 6.45) is 1.71. The smallest absolute Gasteiger partial charge is 0.143 e. The molecular formula is C28H31FN6O2. The van der Waals surface area contributed by atoms with Gasteiger partial charge in [0.25, 0.3) is 0 Å². The number of ether oxygens (including phenoxy) is 2. The summed E-state index contributed by atoms with van der Waals surface area (Å²) in [5.74, 6) is 0.521. The molecule has 0 spiro atoms. The van der Waals surface area contributed by atoms with Gasteiger partial charge in [-0.25, -0.2) is 4.39 Å². The monoisotopic (exact) mass is 502 g/mol. The Bertz CT molecular complexity index is 1400. The molecule has 8 nitrogen and oxygen atoms in total. The number of pyridine rings is 1. The van der Waals surface area contributed by atoms with E-state index in [0.29, 0.717) is 44.2 Å². The van der Waals surface area contributed by atoms with Crippen LogP contribution in [0.1, 0.15) is 5.56 Å². The van der Waals surface area contributed by atoms with Crippen LogP contribution in [0, 0.1) is 5.82 Å². The average Bonchev–Trinajstić information content (AvgIpc) is 3.33. The molecule has 2 aliphatic rings. The van der Waals surface area contributed by atoms with Gasteiger partial charge in [-0.3, -0.25) is 10.1 Å². The highest BCUT2D eigenvalue weighted by molar-refractivity contribution is 5.95. The first-order chi connectivity index (χ1) is 18.2. The predicted octanol–water partition coefficient (Wildman–Crippen LogP) is 3.68. The van der Waals surface area contributed by atoms with E-state index in [2.05, 4.69) is 55.5 Å². The second kappa shape index (κ2) is 10.5. The third kappa shape index (κ3) is 4.90. The van der Waals surface area contributed by atoms with Gasteiger partial charge < -0.3 is 24.6 Å². The van der Waals surface area contributed by atoms with Crippen molar-refractivity contribution in [2.75, 3.05) is 64.4 Å². The fourth-order valence-corrected chi connectivity index (χ4v) is 5.02. The normalized spacial score (nSPS) is 17.4. The van der Waals surface area contributed by atoms with Crippen LogP contribution in [0.3, 0.4) is 0 Å². The summed E-state index contributed by atoms with van der Waals surface area (Å²) in [6.45, 7) is 6.65. The molecule has 9 heteroatoms. The van der Waals surface area contributed by atoms with Gasteiger partial charge in [0, 0.05) is 55.8 Å². The van der Waals surface area contributed by atoms with E-state index >= 15 is 4.39 Å². The van der Waals surface area contributed by atoms with E-state index < -0.39 is 0 Å². The number of hydrogen-bond donors (Lipinski definition) is 2. The van der Waals surface area contributed by atoms with Crippen LogP contribution in [0.2, 0.25) is 0 Å². The van der Waals surface area contributed by atoms with E-state index in [1.54, 1.807) is 12.3 Å². The third-order valence-electron chi connectivity index (χ3n) is 7.10. The summed E-state index contributed by atoms with van der Waals surface area (Å²) in [4.78, 5) is 9.28. The lowest BCUT2D eigenvalue weighted by molar-refractivity contribution is 0.122. The zero-order valence-corrected chi connectivity index (χ0v) is 21.0. The Balaban J connectivity index is 1.45. The van der Waals surface area contributed by atoms with Crippen LogP contribution >= 0.6 is 0 Å². The van der Waals surface area contributed by atoms with E-state index in [4.69, 9.17) is 9.47 Å². The molecule has 4 heterocycles. The Labute approximate surface area is 215 Å². The Hall–Kier alpha value is -3.53. The van der Waals surface area contributed by atoms with Crippen molar-refractivity contribution in [1.29, 1.82) is 0 Å². The van der Waals surface area contributed by atoms with Crippen molar-refractivity contribution in [3.63, 3.8) is 0 Å². The van der Waals surface area contributed by atoms with Gasteiger partial charge in [-0.15, -0.1) is 0 Å². The van der Waals surface area contributed by atoms with Crippen molar-refractivity contribution in [1.82, 2.24) is 25.4 Å². The van der Waals surface area contributed by atoms with Gasteiger partial charge in [0.05, 0.1) is 36.3 Å². The zero-order chi connectivity index (χ0) is 25.2. The number of benzene rings is 2. The van der Waals surface area contributed by atoms with Gasteiger partial charge in [0.15, 0.2) is 0 Å². The summed E-state index contributed by atoms with van der Waals surface area (Å²) in [7, 11) is 2.15. The van der Waals surface area contributed by atoms with Crippen LogP contribution in [0.5, 0.6) is 5.75 Å². The van der Waals surface area contributed by atoms with Crippen LogP contribution in [0.4, 0.5) is 10.1 Å². The second-order valence-corrected chi connectivity index (χ2v) is 9.59. The van der Waals surface area contributed by atoms with Crippen LogP contribution < -0.4 is 15.0 Å². The van der Waals surface area contributed by atoms with Gasteiger partial charge in [0.2, 0.25) is 0 Å². The number of H-pyrrole nitrogens is 1. The first-order valence-corrected chi connectivity index (χ1v) is 12.8. The minimum Gasteiger partial charge on any atom is -0.490 e. The molecule has 1 fully saturated rings. The number of halogens is 1. The molecule has 2 N–H and O–H groups in total. The first kappa shape index (κ1) is 23.8. The minimum absolute atomic E-state index is 0.304. The molecule has 192 valence electrons. The Kier molecular flexibility index (Phi) is 6.73. The molecule has 37 heavy (non-hydrogen) atoms. The topological polar surface area (TPSA) is 78.5 Å². The molecule has 2 aromatic heterocycles. The lowest BCUT2D eigenvalue weighted by Gasteiger charge is -2.35. The van der Waals surface area contributed by atoms with E-state index in [1.165, 1.54) is 6.07 Å². The van der Waals surface area contributed by atoms with Crippen LogP contribution in [0.25, 0.3) is 33.4 Å². The number of nitrogens with one attached hydrogen (secondary N) is 2.